The Hall–Kier alpha value is -5.44. The molecule has 5 aromatic rings. The molecule has 56 heavy (non-hydrogen) atoms. The topological polar surface area (TPSA) is 149 Å². The van der Waals surface area contributed by atoms with Crippen molar-refractivity contribution < 1.29 is 23.7 Å². The highest BCUT2D eigenvalue weighted by Crippen LogP contribution is 2.33. The molecule has 0 spiro atoms. The first-order chi connectivity index (χ1) is 27.1. The molecule has 2 aromatic heterocycles. The monoisotopic (exact) mass is 780 g/mol. The number of carbonyl (C=O) groups is 1. The van der Waals surface area contributed by atoms with Gasteiger partial charge in [0.15, 0.2) is 12.6 Å². The van der Waals surface area contributed by atoms with Gasteiger partial charge < -0.3 is 40.2 Å². The van der Waals surface area contributed by atoms with Gasteiger partial charge in [-0.3, -0.25) is 4.90 Å². The lowest BCUT2D eigenvalue weighted by Gasteiger charge is -2.36. The standard InChI is InChI=1S/C42H52N8O5S/c1-29-39(56-27-46-29)31-13-14-32(25-45-41(51)55-42(2,3)4)35(23-31)44-17-8-22-53-33-15-11-30(12-16-33)26-49-18-20-50(21-19-49)37-24-36(47-48-40(37)43)34-9-6-7-10-38(34)54-28-52-5/h6-7,9-16,23-24,27,44H,8,17-22,25-26,28H2,1-5H3,(H2,43,48)(H,45,51). The van der Waals surface area contributed by atoms with Crippen LogP contribution in [0.1, 0.15) is 44.0 Å². The first kappa shape index (κ1) is 40.2. The molecule has 14 heteroatoms. The van der Waals surface area contributed by atoms with Crippen LogP contribution in [0.3, 0.4) is 0 Å². The zero-order valence-electron chi connectivity index (χ0n) is 32.8. The predicted molar refractivity (Wildman–Crippen MR) is 222 cm³/mol. The lowest BCUT2D eigenvalue weighted by Crippen LogP contribution is -2.46. The second kappa shape index (κ2) is 18.9. The van der Waals surface area contributed by atoms with E-state index in [1.165, 1.54) is 5.56 Å². The number of nitrogens with one attached hydrogen (secondary N) is 2. The third-order valence-corrected chi connectivity index (χ3v) is 10.2. The van der Waals surface area contributed by atoms with E-state index in [1.807, 2.05) is 81.7 Å². The molecule has 0 saturated carbocycles. The molecular weight excluding hydrogens is 729 g/mol. The number of anilines is 3. The van der Waals surface area contributed by atoms with Crippen LogP contribution in [0.25, 0.3) is 21.7 Å². The predicted octanol–water partition coefficient (Wildman–Crippen LogP) is 7.37. The number of hydrogen-bond donors (Lipinski definition) is 3. The number of piperazine rings is 1. The highest BCUT2D eigenvalue weighted by Gasteiger charge is 2.22. The Labute approximate surface area is 333 Å². The molecule has 1 saturated heterocycles. The fourth-order valence-electron chi connectivity index (χ4n) is 6.38. The van der Waals surface area contributed by atoms with Crippen LogP contribution < -0.4 is 30.7 Å². The van der Waals surface area contributed by atoms with Crippen molar-refractivity contribution in [1.29, 1.82) is 0 Å². The number of ether oxygens (including phenoxy) is 4. The number of hydrogen-bond acceptors (Lipinski definition) is 13. The number of benzene rings is 3. The highest BCUT2D eigenvalue weighted by molar-refractivity contribution is 7.13. The summed E-state index contributed by atoms with van der Waals surface area (Å²) < 4.78 is 22.4. The van der Waals surface area contributed by atoms with Gasteiger partial charge in [-0.1, -0.05) is 36.4 Å². The van der Waals surface area contributed by atoms with Gasteiger partial charge in [0, 0.05) is 64.2 Å². The molecule has 3 heterocycles. The molecule has 1 fully saturated rings. The molecular formula is C42H52N8O5S. The molecule has 1 aliphatic rings. The summed E-state index contributed by atoms with van der Waals surface area (Å²) in [6.45, 7) is 13.6. The fraction of sp³-hybridized carbons (Fsp3) is 0.381. The normalized spacial score (nSPS) is 13.3. The summed E-state index contributed by atoms with van der Waals surface area (Å²) >= 11 is 1.62. The second-order valence-electron chi connectivity index (χ2n) is 14.6. The summed E-state index contributed by atoms with van der Waals surface area (Å²) in [5.41, 5.74) is 15.3. The van der Waals surface area contributed by atoms with Crippen LogP contribution in [0.15, 0.2) is 78.3 Å². The van der Waals surface area contributed by atoms with E-state index in [1.54, 1.807) is 18.4 Å². The molecule has 6 rings (SSSR count). The Balaban J connectivity index is 0.966. The molecule has 4 N–H and O–H groups in total. The third kappa shape index (κ3) is 11.1. The van der Waals surface area contributed by atoms with E-state index >= 15 is 0 Å². The zero-order valence-corrected chi connectivity index (χ0v) is 33.7. The Morgan fingerprint density at radius 1 is 0.964 bits per heavy atom. The van der Waals surface area contributed by atoms with E-state index < -0.39 is 11.7 Å². The molecule has 1 amide bonds. The maximum absolute atomic E-state index is 12.4. The van der Waals surface area contributed by atoms with Gasteiger partial charge in [0.2, 0.25) is 0 Å². The number of alkyl carbamates (subject to hydrolysis) is 1. The van der Waals surface area contributed by atoms with Gasteiger partial charge in [0.25, 0.3) is 0 Å². The molecule has 0 bridgehead atoms. The zero-order chi connectivity index (χ0) is 39.5. The molecule has 296 valence electrons. The summed E-state index contributed by atoms with van der Waals surface area (Å²) in [6.07, 6.45) is 0.349. The van der Waals surface area contributed by atoms with Crippen LogP contribution >= 0.6 is 11.3 Å². The van der Waals surface area contributed by atoms with Crippen molar-refractivity contribution in [2.45, 2.75) is 52.8 Å². The van der Waals surface area contributed by atoms with Gasteiger partial charge in [-0.15, -0.1) is 21.5 Å². The minimum Gasteiger partial charge on any atom is -0.494 e. The summed E-state index contributed by atoms with van der Waals surface area (Å²) in [5, 5.41) is 15.1. The van der Waals surface area contributed by atoms with Crippen molar-refractivity contribution in [1.82, 2.24) is 25.4 Å². The molecule has 0 unspecified atom stereocenters. The van der Waals surface area contributed by atoms with Crippen molar-refractivity contribution in [2.75, 3.05) is 69.2 Å². The number of methoxy groups -OCH3 is 1. The number of aryl methyl sites for hydroxylation is 1. The summed E-state index contributed by atoms with van der Waals surface area (Å²) in [4.78, 5) is 22.6. The van der Waals surface area contributed by atoms with Gasteiger partial charge in [-0.05, 0) is 87.2 Å². The second-order valence-corrected chi connectivity index (χ2v) is 15.4. The van der Waals surface area contributed by atoms with Crippen molar-refractivity contribution >= 4 is 34.6 Å². The van der Waals surface area contributed by atoms with Crippen molar-refractivity contribution in [3.05, 3.63) is 95.1 Å². The highest BCUT2D eigenvalue weighted by atomic mass is 32.1. The smallest absolute Gasteiger partial charge is 0.407 e. The van der Waals surface area contributed by atoms with Gasteiger partial charge in [-0.2, -0.15) is 0 Å². The van der Waals surface area contributed by atoms with E-state index in [0.29, 0.717) is 37.0 Å². The number of amides is 1. The molecule has 0 radical (unpaired) electrons. The van der Waals surface area contributed by atoms with Crippen LogP contribution in [0.5, 0.6) is 11.5 Å². The molecule has 3 aromatic carbocycles. The van der Waals surface area contributed by atoms with Gasteiger partial charge in [0.05, 0.1) is 34.1 Å². The van der Waals surface area contributed by atoms with E-state index in [4.69, 9.17) is 24.7 Å². The van der Waals surface area contributed by atoms with Crippen LogP contribution in [0.2, 0.25) is 0 Å². The van der Waals surface area contributed by atoms with Crippen LogP contribution in [0.4, 0.5) is 22.0 Å². The van der Waals surface area contributed by atoms with Crippen LogP contribution in [-0.4, -0.2) is 85.0 Å². The van der Waals surface area contributed by atoms with Crippen molar-refractivity contribution in [3.63, 3.8) is 0 Å². The number of carbonyl (C=O) groups excluding carboxylic acids is 1. The van der Waals surface area contributed by atoms with Crippen LogP contribution in [-0.2, 0) is 22.6 Å². The van der Waals surface area contributed by atoms with E-state index in [2.05, 4.69) is 59.9 Å². The number of nitrogen functional groups attached to an aromatic ring is 1. The Bertz CT molecular complexity index is 2040. The number of para-hydroxylation sites is 1. The minimum absolute atomic E-state index is 0.147. The lowest BCUT2D eigenvalue weighted by atomic mass is 10.1. The minimum atomic E-state index is -0.563. The number of thiazole rings is 1. The number of nitrogens with zero attached hydrogens (tertiary/aromatic N) is 5. The largest absolute Gasteiger partial charge is 0.494 e. The van der Waals surface area contributed by atoms with Crippen LogP contribution in [0, 0.1) is 6.92 Å². The maximum atomic E-state index is 12.4. The van der Waals surface area contributed by atoms with Crippen molar-refractivity contribution in [3.8, 4) is 33.2 Å². The summed E-state index contributed by atoms with van der Waals surface area (Å²) in [7, 11) is 1.59. The van der Waals surface area contributed by atoms with Gasteiger partial charge in [-0.25, -0.2) is 9.78 Å². The Morgan fingerprint density at radius 3 is 2.48 bits per heavy atom. The quantitative estimate of drug-likeness (QED) is 0.0678. The van der Waals surface area contributed by atoms with Gasteiger partial charge >= 0.3 is 6.09 Å². The molecule has 1 aliphatic heterocycles. The van der Waals surface area contributed by atoms with E-state index in [-0.39, 0.29) is 6.79 Å². The third-order valence-electron chi connectivity index (χ3n) is 9.18. The molecule has 0 atom stereocenters. The summed E-state index contributed by atoms with van der Waals surface area (Å²) in [6, 6.07) is 24.3. The van der Waals surface area contributed by atoms with Crippen molar-refractivity contribution in [2.24, 2.45) is 0 Å². The number of nitrogens with two attached hydrogens (primary N) is 1. The Morgan fingerprint density at radius 2 is 1.75 bits per heavy atom. The molecule has 13 nitrogen and oxygen atoms in total. The molecule has 0 aliphatic carbocycles. The number of aromatic nitrogens is 3. The average Bonchev–Trinajstić information content (AvgIpc) is 3.62. The van der Waals surface area contributed by atoms with E-state index in [0.717, 1.165) is 83.5 Å². The average molecular weight is 781 g/mol. The maximum Gasteiger partial charge on any atom is 0.407 e. The summed E-state index contributed by atoms with van der Waals surface area (Å²) in [5.74, 6) is 1.94. The number of rotatable bonds is 16. The van der Waals surface area contributed by atoms with Gasteiger partial charge in [0.1, 0.15) is 17.1 Å². The lowest BCUT2D eigenvalue weighted by molar-refractivity contribution is 0.0513. The SMILES string of the molecule is COCOc1ccccc1-c1cc(N2CCN(Cc3ccc(OCCCNc4cc(-c5scnc5C)ccc4CNC(=O)OC(C)(C)C)cc3)CC2)c(N)nn1. The fourth-order valence-corrected chi connectivity index (χ4v) is 7.18. The van der Waals surface area contributed by atoms with E-state index in [9.17, 15) is 4.79 Å². The Kier molecular flexibility index (Phi) is 13.6. The first-order valence-electron chi connectivity index (χ1n) is 18.8. The first-order valence-corrected chi connectivity index (χ1v) is 19.7.